The molecule has 1 unspecified atom stereocenters. The Balaban J connectivity index is 2.71. The highest BCUT2D eigenvalue weighted by molar-refractivity contribution is 5.92. The molecule has 114 valence electrons. The van der Waals surface area contributed by atoms with Gasteiger partial charge in [-0.1, -0.05) is 0 Å². The predicted octanol–water partition coefficient (Wildman–Crippen LogP) is 1.99. The van der Waals surface area contributed by atoms with Gasteiger partial charge in [-0.15, -0.1) is 0 Å². The van der Waals surface area contributed by atoms with E-state index < -0.39 is 17.7 Å². The first kappa shape index (κ1) is 16.5. The molecule has 6 nitrogen and oxygen atoms in total. The van der Waals surface area contributed by atoms with Crippen LogP contribution in [0.4, 0.5) is 4.79 Å². The molecule has 0 radical (unpaired) electrons. The molecule has 0 aromatic rings. The molecule has 1 fully saturated rings. The predicted molar refractivity (Wildman–Crippen MR) is 73.0 cm³/mol. The van der Waals surface area contributed by atoms with Gasteiger partial charge in [0, 0.05) is 12.5 Å². The minimum atomic E-state index is -0.675. The number of carbonyl (C=O) groups is 2. The molecule has 1 aliphatic rings. The van der Waals surface area contributed by atoms with Crippen molar-refractivity contribution in [1.82, 2.24) is 5.32 Å². The highest BCUT2D eigenvalue weighted by Crippen LogP contribution is 2.17. The molecular weight excluding hydrogens is 262 g/mol. The number of alkyl carbamates (subject to hydrolysis) is 1. The van der Waals surface area contributed by atoms with E-state index >= 15 is 0 Å². The number of nitrogens with one attached hydrogen (secondary N) is 1. The van der Waals surface area contributed by atoms with E-state index in [-0.39, 0.29) is 11.6 Å². The third kappa shape index (κ3) is 6.06. The van der Waals surface area contributed by atoms with E-state index in [2.05, 4.69) is 10.1 Å². The van der Waals surface area contributed by atoms with Crippen LogP contribution in [0.1, 0.15) is 33.6 Å². The molecule has 0 aliphatic carbocycles. The number of rotatable bonds is 3. The SMILES string of the molecule is COC(=O)/C(=C/C1CCCOC1)NC(=O)OC(C)(C)C. The van der Waals surface area contributed by atoms with Crippen molar-refractivity contribution >= 4 is 12.1 Å². The lowest BCUT2D eigenvalue weighted by atomic mass is 10.0. The maximum Gasteiger partial charge on any atom is 0.412 e. The minimum absolute atomic E-state index is 0.0905. The number of carbonyl (C=O) groups excluding carboxylic acids is 2. The second-order valence-corrected chi connectivity index (χ2v) is 5.68. The highest BCUT2D eigenvalue weighted by Gasteiger charge is 2.22. The number of hydrogen-bond donors (Lipinski definition) is 1. The van der Waals surface area contributed by atoms with Crippen LogP contribution >= 0.6 is 0 Å². The molecule has 1 heterocycles. The quantitative estimate of drug-likeness (QED) is 0.634. The molecule has 20 heavy (non-hydrogen) atoms. The molecule has 1 saturated heterocycles. The normalized spacial score (nSPS) is 20.2. The van der Waals surface area contributed by atoms with Gasteiger partial charge < -0.3 is 14.2 Å². The molecule has 1 N–H and O–H groups in total. The molecule has 6 heteroatoms. The third-order valence-electron chi connectivity index (χ3n) is 2.64. The van der Waals surface area contributed by atoms with Crippen LogP contribution in [0, 0.1) is 5.92 Å². The molecule has 0 bridgehead atoms. The van der Waals surface area contributed by atoms with Gasteiger partial charge in [-0.05, 0) is 39.7 Å². The van der Waals surface area contributed by atoms with Gasteiger partial charge in [0.1, 0.15) is 11.3 Å². The van der Waals surface area contributed by atoms with Crippen molar-refractivity contribution in [1.29, 1.82) is 0 Å². The van der Waals surface area contributed by atoms with Crippen LogP contribution < -0.4 is 5.32 Å². The number of hydrogen-bond acceptors (Lipinski definition) is 5. The van der Waals surface area contributed by atoms with E-state index in [1.54, 1.807) is 26.8 Å². The second-order valence-electron chi connectivity index (χ2n) is 5.68. The Morgan fingerprint density at radius 2 is 2.05 bits per heavy atom. The van der Waals surface area contributed by atoms with Gasteiger partial charge >= 0.3 is 12.1 Å². The summed E-state index contributed by atoms with van der Waals surface area (Å²) >= 11 is 0. The lowest BCUT2D eigenvalue weighted by molar-refractivity contribution is -0.136. The summed E-state index contributed by atoms with van der Waals surface area (Å²) in [7, 11) is 1.27. The fourth-order valence-corrected chi connectivity index (χ4v) is 1.82. The lowest BCUT2D eigenvalue weighted by Gasteiger charge is -2.22. The third-order valence-corrected chi connectivity index (χ3v) is 2.64. The van der Waals surface area contributed by atoms with Gasteiger partial charge in [0.2, 0.25) is 0 Å². The van der Waals surface area contributed by atoms with Crippen molar-refractivity contribution in [3.8, 4) is 0 Å². The van der Waals surface area contributed by atoms with Gasteiger partial charge in [-0.2, -0.15) is 0 Å². The molecule has 0 aromatic heterocycles. The first-order valence-corrected chi connectivity index (χ1v) is 6.69. The Kier molecular flexibility index (Phi) is 6.01. The highest BCUT2D eigenvalue weighted by atomic mass is 16.6. The van der Waals surface area contributed by atoms with Gasteiger partial charge in [-0.3, -0.25) is 5.32 Å². The zero-order chi connectivity index (χ0) is 15.2. The van der Waals surface area contributed by atoms with E-state index in [0.717, 1.165) is 19.4 Å². The van der Waals surface area contributed by atoms with E-state index in [9.17, 15) is 9.59 Å². The van der Waals surface area contributed by atoms with Crippen LogP contribution in [0.5, 0.6) is 0 Å². The van der Waals surface area contributed by atoms with Crippen molar-refractivity contribution in [3.05, 3.63) is 11.8 Å². The van der Waals surface area contributed by atoms with Crippen LogP contribution in [-0.2, 0) is 19.0 Å². The first-order chi connectivity index (χ1) is 9.31. The van der Waals surface area contributed by atoms with Gasteiger partial charge in [-0.25, -0.2) is 9.59 Å². The van der Waals surface area contributed by atoms with Crippen molar-refractivity contribution in [2.24, 2.45) is 5.92 Å². The number of ether oxygens (including phenoxy) is 3. The zero-order valence-corrected chi connectivity index (χ0v) is 12.5. The second kappa shape index (κ2) is 7.28. The molecule has 1 atom stereocenters. The molecule has 1 amide bonds. The zero-order valence-electron chi connectivity index (χ0n) is 12.5. The largest absolute Gasteiger partial charge is 0.464 e. The number of esters is 1. The summed E-state index contributed by atoms with van der Waals surface area (Å²) in [6, 6.07) is 0. The Bertz CT molecular complexity index is 378. The number of methoxy groups -OCH3 is 1. The summed E-state index contributed by atoms with van der Waals surface area (Å²) in [4.78, 5) is 23.4. The van der Waals surface area contributed by atoms with E-state index in [1.165, 1.54) is 7.11 Å². The monoisotopic (exact) mass is 285 g/mol. The topological polar surface area (TPSA) is 73.9 Å². The van der Waals surface area contributed by atoms with Crippen LogP contribution in [0.2, 0.25) is 0 Å². The Hall–Kier alpha value is -1.56. The first-order valence-electron chi connectivity index (χ1n) is 6.69. The summed E-state index contributed by atoms with van der Waals surface area (Å²) in [6.07, 6.45) is 2.85. The summed E-state index contributed by atoms with van der Waals surface area (Å²) in [5.74, 6) is -0.505. The van der Waals surface area contributed by atoms with E-state index in [4.69, 9.17) is 9.47 Å². The standard InChI is InChI=1S/C14H23NO5/c1-14(2,3)20-13(17)15-11(12(16)18-4)8-10-6-5-7-19-9-10/h8,10H,5-7,9H2,1-4H3,(H,15,17)/b11-8-. The molecule has 0 aromatic carbocycles. The molecule has 1 aliphatic heterocycles. The van der Waals surface area contributed by atoms with Crippen LogP contribution in [0.3, 0.4) is 0 Å². The van der Waals surface area contributed by atoms with Crippen LogP contribution in [-0.4, -0.2) is 38.0 Å². The Morgan fingerprint density at radius 1 is 1.35 bits per heavy atom. The molecule has 0 saturated carbocycles. The van der Waals surface area contributed by atoms with E-state index in [0.29, 0.717) is 6.61 Å². The van der Waals surface area contributed by atoms with Gasteiger partial charge in [0.05, 0.1) is 13.7 Å². The fraction of sp³-hybridized carbons (Fsp3) is 0.714. The van der Waals surface area contributed by atoms with Crippen LogP contribution in [0.15, 0.2) is 11.8 Å². The lowest BCUT2D eigenvalue weighted by Crippen LogP contribution is -2.35. The van der Waals surface area contributed by atoms with Gasteiger partial charge in [0.25, 0.3) is 0 Å². The smallest absolute Gasteiger partial charge is 0.412 e. The van der Waals surface area contributed by atoms with Gasteiger partial charge in [0.15, 0.2) is 0 Å². The maximum atomic E-state index is 11.7. The minimum Gasteiger partial charge on any atom is -0.464 e. The van der Waals surface area contributed by atoms with Crippen molar-refractivity contribution in [2.45, 2.75) is 39.2 Å². The summed E-state index contributed by atoms with van der Waals surface area (Å²) in [6.45, 7) is 6.53. The average Bonchev–Trinajstić information content (AvgIpc) is 2.36. The molecule has 0 spiro atoms. The van der Waals surface area contributed by atoms with E-state index in [1.807, 2.05) is 0 Å². The molecule has 1 rings (SSSR count). The summed E-state index contributed by atoms with van der Waals surface area (Å²) < 4.78 is 15.1. The fourth-order valence-electron chi connectivity index (χ4n) is 1.82. The van der Waals surface area contributed by atoms with Crippen molar-refractivity contribution in [3.63, 3.8) is 0 Å². The number of amides is 1. The Morgan fingerprint density at radius 3 is 2.55 bits per heavy atom. The molecular formula is C14H23NO5. The van der Waals surface area contributed by atoms with Crippen molar-refractivity contribution < 1.29 is 23.8 Å². The summed E-state index contributed by atoms with van der Waals surface area (Å²) in [5.41, 5.74) is -0.531. The van der Waals surface area contributed by atoms with Crippen molar-refractivity contribution in [2.75, 3.05) is 20.3 Å². The summed E-state index contributed by atoms with van der Waals surface area (Å²) in [5, 5.41) is 2.44. The Labute approximate surface area is 119 Å². The maximum absolute atomic E-state index is 11.7. The average molecular weight is 285 g/mol. The van der Waals surface area contributed by atoms with Crippen LogP contribution in [0.25, 0.3) is 0 Å².